The average molecular weight is 217 g/mol. The van der Waals surface area contributed by atoms with Crippen molar-refractivity contribution in [2.45, 2.75) is 58.2 Å². The molecule has 0 aromatic carbocycles. The SMILES string of the molecule is CC.CCC1CCN(C)C1CC(C)S. The highest BCUT2D eigenvalue weighted by molar-refractivity contribution is 7.80. The van der Waals surface area contributed by atoms with Gasteiger partial charge in [-0.05, 0) is 32.4 Å². The fourth-order valence-electron chi connectivity index (χ4n) is 2.29. The molecule has 1 heterocycles. The van der Waals surface area contributed by atoms with Crippen LogP contribution in [0.4, 0.5) is 0 Å². The lowest BCUT2D eigenvalue weighted by Crippen LogP contribution is -2.31. The molecule has 0 radical (unpaired) electrons. The van der Waals surface area contributed by atoms with Crippen LogP contribution in [-0.4, -0.2) is 29.8 Å². The van der Waals surface area contributed by atoms with Crippen LogP contribution in [0.3, 0.4) is 0 Å². The highest BCUT2D eigenvalue weighted by Gasteiger charge is 2.30. The van der Waals surface area contributed by atoms with Crippen molar-refractivity contribution in [2.24, 2.45) is 5.92 Å². The van der Waals surface area contributed by atoms with E-state index in [4.69, 9.17) is 0 Å². The minimum absolute atomic E-state index is 0.546. The molecule has 0 amide bonds. The van der Waals surface area contributed by atoms with Crippen molar-refractivity contribution in [3.63, 3.8) is 0 Å². The Hall–Kier alpha value is 0.310. The van der Waals surface area contributed by atoms with Crippen molar-refractivity contribution in [1.29, 1.82) is 0 Å². The Morgan fingerprint density at radius 3 is 2.43 bits per heavy atom. The first-order valence-corrected chi connectivity index (χ1v) is 6.55. The molecule has 3 atom stereocenters. The Bertz CT molecular complexity index is 136. The summed E-state index contributed by atoms with van der Waals surface area (Å²) in [7, 11) is 2.25. The maximum absolute atomic E-state index is 4.47. The monoisotopic (exact) mass is 217 g/mol. The molecule has 1 fully saturated rings. The van der Waals surface area contributed by atoms with E-state index in [2.05, 4.69) is 38.4 Å². The Kier molecular flexibility index (Phi) is 7.75. The molecule has 2 heteroatoms. The van der Waals surface area contributed by atoms with Gasteiger partial charge in [0.1, 0.15) is 0 Å². The molecule has 1 aliphatic heterocycles. The molecule has 3 unspecified atom stereocenters. The van der Waals surface area contributed by atoms with E-state index in [1.54, 1.807) is 0 Å². The van der Waals surface area contributed by atoms with Gasteiger partial charge in [0.25, 0.3) is 0 Å². The fraction of sp³-hybridized carbons (Fsp3) is 1.00. The summed E-state index contributed by atoms with van der Waals surface area (Å²) in [5.74, 6) is 0.921. The van der Waals surface area contributed by atoms with Crippen LogP contribution < -0.4 is 0 Å². The second kappa shape index (κ2) is 7.58. The zero-order chi connectivity index (χ0) is 11.1. The number of hydrogen-bond donors (Lipinski definition) is 1. The number of likely N-dealkylation sites (tertiary alicyclic amines) is 1. The van der Waals surface area contributed by atoms with Gasteiger partial charge in [0, 0.05) is 11.3 Å². The normalized spacial score (nSPS) is 29.6. The van der Waals surface area contributed by atoms with Gasteiger partial charge in [-0.2, -0.15) is 12.6 Å². The topological polar surface area (TPSA) is 3.24 Å². The lowest BCUT2D eigenvalue weighted by molar-refractivity contribution is 0.254. The summed E-state index contributed by atoms with van der Waals surface area (Å²) in [6.45, 7) is 9.78. The average Bonchev–Trinajstić information content (AvgIpc) is 2.51. The molecule has 86 valence electrons. The molecule has 1 saturated heterocycles. The van der Waals surface area contributed by atoms with E-state index in [9.17, 15) is 0 Å². The molecular formula is C12H27NS. The van der Waals surface area contributed by atoms with Crippen LogP contribution in [0.2, 0.25) is 0 Å². The summed E-state index contributed by atoms with van der Waals surface area (Å²) < 4.78 is 0. The van der Waals surface area contributed by atoms with Gasteiger partial charge in [0.15, 0.2) is 0 Å². The van der Waals surface area contributed by atoms with Crippen molar-refractivity contribution in [3.05, 3.63) is 0 Å². The molecule has 1 rings (SSSR count). The van der Waals surface area contributed by atoms with Crippen LogP contribution in [0.1, 0.15) is 47.0 Å². The van der Waals surface area contributed by atoms with E-state index in [0.29, 0.717) is 5.25 Å². The second-order valence-corrected chi connectivity index (χ2v) is 4.97. The molecule has 0 bridgehead atoms. The van der Waals surface area contributed by atoms with Gasteiger partial charge in [-0.15, -0.1) is 0 Å². The largest absolute Gasteiger partial charge is 0.303 e. The molecule has 0 aliphatic carbocycles. The number of rotatable bonds is 3. The number of thiol groups is 1. The Balaban J connectivity index is 0.000000791. The predicted octanol–water partition coefficient (Wildman–Crippen LogP) is 3.45. The van der Waals surface area contributed by atoms with Crippen LogP contribution in [-0.2, 0) is 0 Å². The van der Waals surface area contributed by atoms with Crippen LogP contribution in [0.15, 0.2) is 0 Å². The molecule has 0 aromatic heterocycles. The third kappa shape index (κ3) is 4.22. The van der Waals surface area contributed by atoms with Crippen LogP contribution in [0, 0.1) is 5.92 Å². The van der Waals surface area contributed by atoms with E-state index in [1.165, 1.54) is 25.8 Å². The standard InChI is InChI=1S/C10H21NS.C2H6/c1-4-9-5-6-11(3)10(9)7-8(2)12;1-2/h8-10,12H,4-7H2,1-3H3;1-2H3. The third-order valence-electron chi connectivity index (χ3n) is 3.07. The molecule has 14 heavy (non-hydrogen) atoms. The number of nitrogens with zero attached hydrogens (tertiary/aromatic N) is 1. The van der Waals surface area contributed by atoms with Crippen molar-refractivity contribution >= 4 is 12.6 Å². The van der Waals surface area contributed by atoms with Crippen molar-refractivity contribution in [2.75, 3.05) is 13.6 Å². The van der Waals surface area contributed by atoms with E-state index in [0.717, 1.165) is 12.0 Å². The molecule has 0 aromatic rings. The number of hydrogen-bond acceptors (Lipinski definition) is 2. The zero-order valence-corrected chi connectivity index (χ0v) is 11.3. The van der Waals surface area contributed by atoms with Crippen LogP contribution >= 0.6 is 12.6 Å². The summed E-state index contributed by atoms with van der Waals surface area (Å²) in [4.78, 5) is 2.50. The summed E-state index contributed by atoms with van der Waals surface area (Å²) in [6, 6.07) is 0.794. The van der Waals surface area contributed by atoms with Gasteiger partial charge in [-0.3, -0.25) is 0 Å². The van der Waals surface area contributed by atoms with Crippen LogP contribution in [0.5, 0.6) is 0 Å². The van der Waals surface area contributed by atoms with E-state index in [-0.39, 0.29) is 0 Å². The molecule has 1 nitrogen and oxygen atoms in total. The first-order valence-electron chi connectivity index (χ1n) is 6.03. The van der Waals surface area contributed by atoms with Crippen molar-refractivity contribution in [3.8, 4) is 0 Å². The molecule has 0 saturated carbocycles. The Labute approximate surface area is 95.7 Å². The van der Waals surface area contributed by atoms with Crippen LogP contribution in [0.25, 0.3) is 0 Å². The summed E-state index contributed by atoms with van der Waals surface area (Å²) in [6.07, 6.45) is 3.96. The second-order valence-electron chi connectivity index (χ2n) is 4.09. The quantitative estimate of drug-likeness (QED) is 0.709. The molecule has 0 N–H and O–H groups in total. The summed E-state index contributed by atoms with van der Waals surface area (Å²) in [5.41, 5.74) is 0. The minimum atomic E-state index is 0.546. The first-order chi connectivity index (χ1) is 6.65. The molecule has 1 aliphatic rings. The zero-order valence-electron chi connectivity index (χ0n) is 10.5. The Morgan fingerprint density at radius 2 is 2.00 bits per heavy atom. The van der Waals surface area contributed by atoms with E-state index in [1.807, 2.05) is 13.8 Å². The van der Waals surface area contributed by atoms with Gasteiger partial charge in [-0.1, -0.05) is 34.1 Å². The predicted molar refractivity (Wildman–Crippen MR) is 69.2 cm³/mol. The minimum Gasteiger partial charge on any atom is -0.303 e. The van der Waals surface area contributed by atoms with Gasteiger partial charge in [0.05, 0.1) is 0 Å². The fourth-order valence-corrected chi connectivity index (χ4v) is 2.50. The summed E-state index contributed by atoms with van der Waals surface area (Å²) in [5, 5.41) is 0.546. The first kappa shape index (κ1) is 14.3. The van der Waals surface area contributed by atoms with E-state index < -0.39 is 0 Å². The lowest BCUT2D eigenvalue weighted by atomic mass is 9.94. The molecule has 0 spiro atoms. The van der Waals surface area contributed by atoms with Crippen molar-refractivity contribution in [1.82, 2.24) is 4.90 Å². The van der Waals surface area contributed by atoms with E-state index >= 15 is 0 Å². The third-order valence-corrected chi connectivity index (χ3v) is 3.28. The van der Waals surface area contributed by atoms with Crippen molar-refractivity contribution < 1.29 is 0 Å². The maximum Gasteiger partial charge on any atom is 0.0131 e. The Morgan fingerprint density at radius 1 is 1.43 bits per heavy atom. The smallest absolute Gasteiger partial charge is 0.0131 e. The molecular weight excluding hydrogens is 190 g/mol. The summed E-state index contributed by atoms with van der Waals surface area (Å²) >= 11 is 4.47. The lowest BCUT2D eigenvalue weighted by Gasteiger charge is -2.25. The van der Waals surface area contributed by atoms with Gasteiger partial charge in [0.2, 0.25) is 0 Å². The highest BCUT2D eigenvalue weighted by atomic mass is 32.1. The van der Waals surface area contributed by atoms with Gasteiger partial charge >= 0.3 is 0 Å². The maximum atomic E-state index is 4.47. The highest BCUT2D eigenvalue weighted by Crippen LogP contribution is 2.29. The van der Waals surface area contributed by atoms with Gasteiger partial charge < -0.3 is 4.90 Å². The van der Waals surface area contributed by atoms with Gasteiger partial charge in [-0.25, -0.2) is 0 Å².